The van der Waals surface area contributed by atoms with E-state index in [1.807, 2.05) is 5.48 Å². The number of carbonyl (C=O) groups excluding carboxylic acids is 1. The third kappa shape index (κ3) is 2.51. The summed E-state index contributed by atoms with van der Waals surface area (Å²) in [6.07, 6.45) is 5.23. The van der Waals surface area contributed by atoms with Gasteiger partial charge in [0.1, 0.15) is 0 Å². The lowest BCUT2D eigenvalue weighted by molar-refractivity contribution is 0.0997. The van der Waals surface area contributed by atoms with Gasteiger partial charge in [-0.25, -0.2) is 5.48 Å². The van der Waals surface area contributed by atoms with Crippen molar-refractivity contribution in [1.82, 2.24) is 0 Å². The van der Waals surface area contributed by atoms with Crippen molar-refractivity contribution in [3.05, 3.63) is 47.7 Å². The number of rotatable bonds is 3. The molecule has 0 unspecified atom stereocenters. The van der Waals surface area contributed by atoms with E-state index in [0.717, 1.165) is 5.56 Å². The van der Waals surface area contributed by atoms with Crippen molar-refractivity contribution in [3.63, 3.8) is 0 Å². The van der Waals surface area contributed by atoms with Gasteiger partial charge in [-0.15, -0.1) is 6.42 Å². The maximum atomic E-state index is 11.7. The zero-order valence-corrected chi connectivity index (χ0v) is 9.31. The minimum atomic E-state index is -0.412. The van der Waals surface area contributed by atoms with Crippen LogP contribution in [-0.2, 0) is 0 Å². The molecule has 5 heteroatoms. The lowest BCUT2D eigenvalue weighted by Crippen LogP contribution is -2.10. The summed E-state index contributed by atoms with van der Waals surface area (Å²) < 4.78 is 5.01. The highest BCUT2D eigenvalue weighted by molar-refractivity contribution is 6.02. The molecule has 0 radical (unpaired) electrons. The first-order valence-corrected chi connectivity index (χ1v) is 5.11. The molecule has 90 valence electrons. The molecule has 1 aromatic heterocycles. The largest absolute Gasteiger partial charge is 0.433 e. The van der Waals surface area contributed by atoms with Crippen molar-refractivity contribution >= 4 is 17.5 Å². The van der Waals surface area contributed by atoms with E-state index in [9.17, 15) is 4.79 Å². The maximum absolute atomic E-state index is 11.7. The Balaban J connectivity index is 2.08. The predicted molar refractivity (Wildman–Crippen MR) is 66.4 cm³/mol. The fourth-order valence-electron chi connectivity index (χ4n) is 1.36. The number of hydrogen-bond acceptors (Lipinski definition) is 4. The molecular formula is C13H10N2O3. The van der Waals surface area contributed by atoms with Gasteiger partial charge >= 0.3 is 0 Å². The van der Waals surface area contributed by atoms with E-state index in [0.29, 0.717) is 5.69 Å². The van der Waals surface area contributed by atoms with Gasteiger partial charge < -0.3 is 9.73 Å². The quantitative estimate of drug-likeness (QED) is 0.570. The van der Waals surface area contributed by atoms with E-state index in [2.05, 4.69) is 11.2 Å². The van der Waals surface area contributed by atoms with Crippen molar-refractivity contribution in [2.45, 2.75) is 0 Å². The van der Waals surface area contributed by atoms with Gasteiger partial charge in [0, 0.05) is 17.3 Å². The molecule has 1 aromatic carbocycles. The Bertz CT molecular complexity index is 593. The summed E-state index contributed by atoms with van der Waals surface area (Å²) in [7, 11) is 0. The van der Waals surface area contributed by atoms with Crippen LogP contribution in [0.5, 0.6) is 0 Å². The van der Waals surface area contributed by atoms with Crippen LogP contribution in [0.4, 0.5) is 11.6 Å². The standard InChI is InChI=1S/C13H10N2O3/c1-2-9-3-5-10(6-4-9)14-13(16)11-7-8-12(15-17)18-11/h1,3-8,15,17H,(H,14,16). The van der Waals surface area contributed by atoms with E-state index in [4.69, 9.17) is 16.0 Å². The highest BCUT2D eigenvalue weighted by Gasteiger charge is 2.10. The smallest absolute Gasteiger partial charge is 0.291 e. The topological polar surface area (TPSA) is 74.5 Å². The summed E-state index contributed by atoms with van der Waals surface area (Å²) in [4.78, 5) is 11.7. The summed E-state index contributed by atoms with van der Waals surface area (Å²) in [6, 6.07) is 9.72. The highest BCUT2D eigenvalue weighted by Crippen LogP contribution is 2.15. The Labute approximate surface area is 103 Å². The number of carbonyl (C=O) groups is 1. The number of benzene rings is 1. The molecule has 0 saturated heterocycles. The van der Waals surface area contributed by atoms with Crippen LogP contribution in [0.1, 0.15) is 16.1 Å². The summed E-state index contributed by atoms with van der Waals surface area (Å²) in [6.45, 7) is 0. The summed E-state index contributed by atoms with van der Waals surface area (Å²) >= 11 is 0. The summed E-state index contributed by atoms with van der Waals surface area (Å²) in [5, 5.41) is 11.2. The first-order chi connectivity index (χ1) is 8.72. The van der Waals surface area contributed by atoms with E-state index in [-0.39, 0.29) is 11.6 Å². The lowest BCUT2D eigenvalue weighted by Gasteiger charge is -2.02. The van der Waals surface area contributed by atoms with E-state index < -0.39 is 5.91 Å². The number of anilines is 2. The van der Waals surface area contributed by atoms with Crippen molar-refractivity contribution in [2.24, 2.45) is 0 Å². The van der Waals surface area contributed by atoms with Gasteiger partial charge in [-0.05, 0) is 30.3 Å². The van der Waals surface area contributed by atoms with Gasteiger partial charge in [0.05, 0.1) is 0 Å². The molecule has 18 heavy (non-hydrogen) atoms. The Hall–Kier alpha value is -2.71. The fraction of sp³-hybridized carbons (Fsp3) is 0. The van der Waals surface area contributed by atoms with Crippen LogP contribution in [-0.4, -0.2) is 11.1 Å². The predicted octanol–water partition coefficient (Wildman–Crippen LogP) is 2.31. The Kier molecular flexibility index (Phi) is 3.32. The van der Waals surface area contributed by atoms with Gasteiger partial charge in [0.2, 0.25) is 5.88 Å². The van der Waals surface area contributed by atoms with Crippen molar-refractivity contribution in [2.75, 3.05) is 10.8 Å². The molecule has 5 nitrogen and oxygen atoms in total. The van der Waals surface area contributed by atoms with Gasteiger partial charge in [-0.2, -0.15) is 0 Å². The molecule has 1 amide bonds. The molecular weight excluding hydrogens is 232 g/mol. The zero-order chi connectivity index (χ0) is 13.0. The number of hydrogen-bond donors (Lipinski definition) is 3. The first-order valence-electron chi connectivity index (χ1n) is 5.11. The third-order valence-electron chi connectivity index (χ3n) is 2.25. The van der Waals surface area contributed by atoms with Crippen LogP contribution in [0.2, 0.25) is 0 Å². The maximum Gasteiger partial charge on any atom is 0.291 e. The molecule has 0 aliphatic carbocycles. The van der Waals surface area contributed by atoms with Crippen LogP contribution in [0.25, 0.3) is 0 Å². The second-order valence-electron chi connectivity index (χ2n) is 3.45. The minimum absolute atomic E-state index is 0.0903. The summed E-state index contributed by atoms with van der Waals surface area (Å²) in [5.41, 5.74) is 3.15. The van der Waals surface area contributed by atoms with Crippen molar-refractivity contribution in [3.8, 4) is 12.3 Å². The van der Waals surface area contributed by atoms with Gasteiger partial charge in [0.15, 0.2) is 5.76 Å². The van der Waals surface area contributed by atoms with Gasteiger partial charge in [-0.1, -0.05) is 5.92 Å². The molecule has 0 spiro atoms. The molecule has 1 heterocycles. The van der Waals surface area contributed by atoms with Gasteiger partial charge in [-0.3, -0.25) is 10.0 Å². The monoisotopic (exact) mass is 242 g/mol. The molecule has 0 atom stereocenters. The number of furan rings is 1. The van der Waals surface area contributed by atoms with E-state index >= 15 is 0 Å². The average molecular weight is 242 g/mol. The third-order valence-corrected chi connectivity index (χ3v) is 2.25. The lowest BCUT2D eigenvalue weighted by atomic mass is 10.2. The number of terminal acetylenes is 1. The van der Waals surface area contributed by atoms with Crippen LogP contribution in [0.3, 0.4) is 0 Å². The second-order valence-corrected chi connectivity index (χ2v) is 3.45. The van der Waals surface area contributed by atoms with E-state index in [1.165, 1.54) is 12.1 Å². The molecule has 0 aliphatic rings. The van der Waals surface area contributed by atoms with E-state index in [1.54, 1.807) is 24.3 Å². The molecule has 0 aliphatic heterocycles. The molecule has 0 bridgehead atoms. The van der Waals surface area contributed by atoms with Crippen molar-refractivity contribution < 1.29 is 14.4 Å². The Morgan fingerprint density at radius 1 is 1.22 bits per heavy atom. The summed E-state index contributed by atoms with van der Waals surface area (Å²) in [5.74, 6) is 2.26. The molecule has 2 rings (SSSR count). The van der Waals surface area contributed by atoms with Crippen LogP contribution < -0.4 is 10.8 Å². The van der Waals surface area contributed by atoms with Crippen LogP contribution >= 0.6 is 0 Å². The SMILES string of the molecule is C#Cc1ccc(NC(=O)c2ccc(NO)o2)cc1. The van der Waals surface area contributed by atoms with Gasteiger partial charge in [0.25, 0.3) is 5.91 Å². The minimum Gasteiger partial charge on any atom is -0.433 e. The number of amides is 1. The Morgan fingerprint density at radius 2 is 1.94 bits per heavy atom. The molecule has 2 aromatic rings. The molecule has 3 N–H and O–H groups in total. The highest BCUT2D eigenvalue weighted by atomic mass is 16.5. The zero-order valence-electron chi connectivity index (χ0n) is 9.31. The number of nitrogens with one attached hydrogen (secondary N) is 2. The molecule has 0 saturated carbocycles. The van der Waals surface area contributed by atoms with Crippen molar-refractivity contribution in [1.29, 1.82) is 0 Å². The fourth-order valence-corrected chi connectivity index (χ4v) is 1.36. The first kappa shape index (κ1) is 11.8. The molecule has 0 fully saturated rings. The van der Waals surface area contributed by atoms with Crippen LogP contribution in [0, 0.1) is 12.3 Å². The second kappa shape index (κ2) is 5.08. The normalized spacial score (nSPS) is 9.56. The average Bonchev–Trinajstić information content (AvgIpc) is 2.88. The Morgan fingerprint density at radius 3 is 2.50 bits per heavy atom. The van der Waals surface area contributed by atoms with Crippen LogP contribution in [0.15, 0.2) is 40.8 Å².